The lowest BCUT2D eigenvalue weighted by Gasteiger charge is -2.23. The molecule has 0 aromatic heterocycles. The van der Waals surface area contributed by atoms with E-state index < -0.39 is 5.97 Å². The quantitative estimate of drug-likeness (QED) is 0.467. The van der Waals surface area contributed by atoms with Gasteiger partial charge in [-0.1, -0.05) is 72.3 Å². The molecule has 0 heterocycles. The van der Waals surface area contributed by atoms with Crippen molar-refractivity contribution < 1.29 is 14.3 Å². The van der Waals surface area contributed by atoms with Gasteiger partial charge in [0.05, 0.1) is 11.4 Å². The van der Waals surface area contributed by atoms with E-state index in [2.05, 4.69) is 24.3 Å². The van der Waals surface area contributed by atoms with Gasteiger partial charge in [0.1, 0.15) is 5.82 Å². The molecular formula is C25H25ClFNO2. The third kappa shape index (κ3) is 6.15. The number of carboxylic acids is 1. The van der Waals surface area contributed by atoms with E-state index in [1.54, 1.807) is 6.07 Å². The number of hydrogen-bond donors (Lipinski definition) is 1. The minimum absolute atomic E-state index is 0.0191. The lowest BCUT2D eigenvalue weighted by atomic mass is 10.0. The Morgan fingerprint density at radius 1 is 0.967 bits per heavy atom. The highest BCUT2D eigenvalue weighted by Crippen LogP contribution is 2.25. The molecule has 0 fully saturated rings. The lowest BCUT2D eigenvalue weighted by Crippen LogP contribution is -2.26. The normalized spacial score (nSPS) is 11.1. The summed E-state index contributed by atoms with van der Waals surface area (Å²) in [6.07, 6.45) is 0.802. The van der Waals surface area contributed by atoms with E-state index in [1.165, 1.54) is 17.2 Å². The molecule has 0 aliphatic rings. The molecule has 3 aromatic carbocycles. The summed E-state index contributed by atoms with van der Waals surface area (Å²) in [6, 6.07) is 21.5. The van der Waals surface area contributed by atoms with Crippen LogP contribution in [0.2, 0.25) is 5.02 Å². The molecule has 3 nitrogen and oxygen atoms in total. The summed E-state index contributed by atoms with van der Waals surface area (Å²) in [6.45, 7) is 2.91. The fourth-order valence-electron chi connectivity index (χ4n) is 3.48. The van der Waals surface area contributed by atoms with Gasteiger partial charge < -0.3 is 5.11 Å². The summed E-state index contributed by atoms with van der Waals surface area (Å²) < 4.78 is 14.4. The van der Waals surface area contributed by atoms with Gasteiger partial charge in [-0.2, -0.15) is 0 Å². The topological polar surface area (TPSA) is 40.5 Å². The molecule has 0 saturated carbocycles. The summed E-state index contributed by atoms with van der Waals surface area (Å²) >= 11 is 6.34. The molecule has 0 saturated heterocycles. The first-order valence-electron chi connectivity index (χ1n) is 9.91. The Kier molecular flexibility index (Phi) is 7.61. The van der Waals surface area contributed by atoms with Crippen LogP contribution >= 0.6 is 11.6 Å². The Hall–Kier alpha value is -2.69. The van der Waals surface area contributed by atoms with Gasteiger partial charge in [-0.25, -0.2) is 4.39 Å². The molecule has 3 aromatic rings. The molecule has 0 aliphatic carbocycles. The van der Waals surface area contributed by atoms with Gasteiger partial charge >= 0.3 is 5.97 Å². The van der Waals surface area contributed by atoms with Crippen molar-refractivity contribution in [1.29, 1.82) is 0 Å². The monoisotopic (exact) mass is 425 g/mol. The van der Waals surface area contributed by atoms with Gasteiger partial charge in [0.2, 0.25) is 0 Å². The summed E-state index contributed by atoms with van der Waals surface area (Å²) in [7, 11) is 0. The van der Waals surface area contributed by atoms with Crippen molar-refractivity contribution in [3.63, 3.8) is 0 Å². The van der Waals surface area contributed by atoms with E-state index in [1.807, 2.05) is 42.2 Å². The number of rotatable bonds is 9. The Bertz CT molecular complexity index is 1010. The maximum absolute atomic E-state index is 14.4. The second-order valence-corrected chi connectivity index (χ2v) is 7.87. The fraction of sp³-hybridized carbons (Fsp3) is 0.240. The number of nitrogens with zero attached hydrogens (tertiary/aromatic N) is 1. The van der Waals surface area contributed by atoms with Crippen LogP contribution in [0.5, 0.6) is 0 Å². The summed E-state index contributed by atoms with van der Waals surface area (Å²) in [5.74, 6) is -1.25. The maximum Gasteiger partial charge on any atom is 0.304 e. The average molecular weight is 426 g/mol. The number of aliphatic carboxylic acids is 1. The van der Waals surface area contributed by atoms with Gasteiger partial charge in [0.25, 0.3) is 0 Å². The number of carbonyl (C=O) groups is 1. The SMILES string of the molecule is Cc1ccc(F)c(CN(CCC(=O)O)Cc2cccc(Cc3ccccc3)c2)c1Cl. The molecule has 0 aliphatic heterocycles. The van der Waals surface area contributed by atoms with E-state index in [9.17, 15) is 9.18 Å². The highest BCUT2D eigenvalue weighted by Gasteiger charge is 2.16. The predicted molar refractivity (Wildman–Crippen MR) is 118 cm³/mol. The van der Waals surface area contributed by atoms with Crippen LogP contribution in [0, 0.1) is 12.7 Å². The van der Waals surface area contributed by atoms with Crippen LogP contribution in [-0.2, 0) is 24.3 Å². The predicted octanol–water partition coefficient (Wildman–Crippen LogP) is 5.86. The molecule has 5 heteroatoms. The average Bonchev–Trinajstić information content (AvgIpc) is 2.73. The van der Waals surface area contributed by atoms with Crippen molar-refractivity contribution in [2.45, 2.75) is 32.9 Å². The number of aryl methyl sites for hydroxylation is 1. The van der Waals surface area contributed by atoms with Crippen LogP contribution in [-0.4, -0.2) is 22.5 Å². The van der Waals surface area contributed by atoms with Crippen LogP contribution in [0.25, 0.3) is 0 Å². The number of hydrogen-bond acceptors (Lipinski definition) is 2. The van der Waals surface area contributed by atoms with Gasteiger partial charge in [-0.15, -0.1) is 0 Å². The summed E-state index contributed by atoms with van der Waals surface area (Å²) in [5, 5.41) is 9.53. The van der Waals surface area contributed by atoms with Gasteiger partial charge in [-0.3, -0.25) is 9.69 Å². The highest BCUT2D eigenvalue weighted by atomic mass is 35.5. The standard InChI is InChI=1S/C25H25ClFNO2/c1-18-10-11-23(27)22(25(18)26)17-28(13-12-24(29)30)16-21-9-5-8-20(15-21)14-19-6-3-2-4-7-19/h2-11,15H,12-14,16-17H2,1H3,(H,29,30). The lowest BCUT2D eigenvalue weighted by molar-refractivity contribution is -0.137. The van der Waals surface area contributed by atoms with E-state index in [-0.39, 0.29) is 18.8 Å². The summed E-state index contributed by atoms with van der Waals surface area (Å²) in [5.41, 5.74) is 4.67. The van der Waals surface area contributed by atoms with Crippen molar-refractivity contribution in [2.24, 2.45) is 0 Å². The molecule has 0 amide bonds. The minimum Gasteiger partial charge on any atom is -0.481 e. The molecule has 30 heavy (non-hydrogen) atoms. The second kappa shape index (κ2) is 10.4. The van der Waals surface area contributed by atoms with Crippen molar-refractivity contribution in [2.75, 3.05) is 6.54 Å². The van der Waals surface area contributed by atoms with Crippen LogP contribution in [0.3, 0.4) is 0 Å². The molecule has 0 unspecified atom stereocenters. The van der Waals surface area contributed by atoms with E-state index in [0.29, 0.717) is 23.7 Å². The van der Waals surface area contributed by atoms with Crippen molar-refractivity contribution in [1.82, 2.24) is 4.90 Å². The Morgan fingerprint density at radius 2 is 1.67 bits per heavy atom. The first-order valence-corrected chi connectivity index (χ1v) is 10.3. The molecule has 156 valence electrons. The number of carboxylic acid groups (broad SMARTS) is 1. The van der Waals surface area contributed by atoms with Gasteiger partial charge in [0.15, 0.2) is 0 Å². The third-order valence-corrected chi connectivity index (χ3v) is 5.58. The zero-order chi connectivity index (χ0) is 21.5. The molecule has 0 radical (unpaired) electrons. The zero-order valence-corrected chi connectivity index (χ0v) is 17.7. The second-order valence-electron chi connectivity index (χ2n) is 7.49. The molecule has 0 atom stereocenters. The Morgan fingerprint density at radius 3 is 2.40 bits per heavy atom. The third-order valence-electron chi connectivity index (χ3n) is 5.05. The van der Waals surface area contributed by atoms with E-state index in [0.717, 1.165) is 17.5 Å². The molecule has 0 bridgehead atoms. The van der Waals surface area contributed by atoms with Crippen LogP contribution in [0.1, 0.15) is 34.2 Å². The van der Waals surface area contributed by atoms with Crippen molar-refractivity contribution in [3.8, 4) is 0 Å². The van der Waals surface area contributed by atoms with Crippen LogP contribution in [0.4, 0.5) is 4.39 Å². The Balaban J connectivity index is 1.79. The molecular weight excluding hydrogens is 401 g/mol. The smallest absolute Gasteiger partial charge is 0.304 e. The van der Waals surface area contributed by atoms with E-state index >= 15 is 0 Å². The number of benzene rings is 3. The molecule has 3 rings (SSSR count). The van der Waals surface area contributed by atoms with Crippen molar-refractivity contribution in [3.05, 3.63) is 105 Å². The zero-order valence-electron chi connectivity index (χ0n) is 16.9. The molecule has 0 spiro atoms. The van der Waals surface area contributed by atoms with Crippen molar-refractivity contribution >= 4 is 17.6 Å². The first-order chi connectivity index (χ1) is 14.4. The van der Waals surface area contributed by atoms with Gasteiger partial charge in [-0.05, 0) is 41.7 Å². The first kappa shape index (κ1) is 22.0. The maximum atomic E-state index is 14.4. The molecule has 1 N–H and O–H groups in total. The van der Waals surface area contributed by atoms with E-state index in [4.69, 9.17) is 16.7 Å². The largest absolute Gasteiger partial charge is 0.481 e. The number of halogens is 2. The van der Waals surface area contributed by atoms with Crippen LogP contribution in [0.15, 0.2) is 66.7 Å². The summed E-state index contributed by atoms with van der Waals surface area (Å²) in [4.78, 5) is 13.1. The minimum atomic E-state index is -0.881. The van der Waals surface area contributed by atoms with Crippen LogP contribution < -0.4 is 0 Å². The van der Waals surface area contributed by atoms with Gasteiger partial charge in [0, 0.05) is 25.2 Å². The highest BCUT2D eigenvalue weighted by molar-refractivity contribution is 6.32. The fourth-order valence-corrected chi connectivity index (χ4v) is 3.69. The Labute approximate surface area is 181 Å².